The van der Waals surface area contributed by atoms with E-state index in [0.29, 0.717) is 15.7 Å². The third-order valence-corrected chi connectivity index (χ3v) is 8.35. The van der Waals surface area contributed by atoms with Crippen LogP contribution < -0.4 is 25.4 Å². The van der Waals surface area contributed by atoms with Gasteiger partial charge in [0.2, 0.25) is 0 Å². The van der Waals surface area contributed by atoms with Gasteiger partial charge in [-0.25, -0.2) is 0 Å². The van der Waals surface area contributed by atoms with Gasteiger partial charge in [0.15, 0.2) is 5.57 Å². The topological polar surface area (TPSA) is 90.2 Å². The molecule has 0 saturated carbocycles. The van der Waals surface area contributed by atoms with Gasteiger partial charge >= 0.3 is 0 Å². The van der Waals surface area contributed by atoms with E-state index in [1.165, 1.54) is 35.0 Å². The number of amides is 1. The van der Waals surface area contributed by atoms with Crippen LogP contribution in [0.25, 0.3) is 11.8 Å². The van der Waals surface area contributed by atoms with Gasteiger partial charge in [-0.15, -0.1) is 17.8 Å². The number of nitrogens with zero attached hydrogens (tertiary/aromatic N) is 3. The number of nitrogens with one attached hydrogen (secondary N) is 2. The van der Waals surface area contributed by atoms with Crippen LogP contribution in [0.15, 0.2) is 59.4 Å². The number of anilines is 1. The summed E-state index contributed by atoms with van der Waals surface area (Å²) in [5, 5.41) is 15.3. The summed E-state index contributed by atoms with van der Waals surface area (Å²) in [5.41, 5.74) is 3.17. The molecule has 7 nitrogen and oxygen atoms in total. The molecular weight excluding hydrogens is 518 g/mol. The number of carbonyl (C=O) groups is 1. The van der Waals surface area contributed by atoms with Gasteiger partial charge in [-0.3, -0.25) is 14.2 Å². The summed E-state index contributed by atoms with van der Waals surface area (Å²) in [6, 6.07) is 20.9. The molecule has 3 aromatic rings. The zero-order valence-corrected chi connectivity index (χ0v) is 23.7. The molecule has 8 heteroatoms. The number of hydrogen-bond acceptors (Lipinski definition) is 6. The van der Waals surface area contributed by atoms with Gasteiger partial charge < -0.3 is 15.5 Å². The second kappa shape index (κ2) is 14.3. The highest BCUT2D eigenvalue weighted by atomic mass is 32.1. The van der Waals surface area contributed by atoms with Crippen LogP contribution in [0.3, 0.4) is 0 Å². The lowest BCUT2D eigenvalue weighted by atomic mass is 9.90. The van der Waals surface area contributed by atoms with Gasteiger partial charge in [0, 0.05) is 25.0 Å². The van der Waals surface area contributed by atoms with E-state index in [1.54, 1.807) is 13.1 Å². The SMILES string of the molecule is C#CCNC(=O)/C(C#N)=c1\s/c(=C/Nc2cccc(CCN3CCC(Cc4ccccc4)CC3)c2)c(=O)n1CC. The van der Waals surface area contributed by atoms with Gasteiger partial charge in [0.25, 0.3) is 11.5 Å². The van der Waals surface area contributed by atoms with Crippen molar-refractivity contribution >= 4 is 34.7 Å². The molecule has 0 radical (unpaired) electrons. The second-order valence-electron chi connectivity index (χ2n) is 9.91. The molecule has 1 saturated heterocycles. The van der Waals surface area contributed by atoms with E-state index in [0.717, 1.165) is 49.0 Å². The lowest BCUT2D eigenvalue weighted by molar-refractivity contribution is -0.115. The molecule has 206 valence electrons. The lowest BCUT2D eigenvalue weighted by Crippen LogP contribution is -2.35. The number of piperidine rings is 1. The first-order valence-corrected chi connectivity index (χ1v) is 14.5. The Morgan fingerprint density at radius 1 is 1.15 bits per heavy atom. The summed E-state index contributed by atoms with van der Waals surface area (Å²) in [6.45, 7) is 5.44. The first-order valence-electron chi connectivity index (χ1n) is 13.7. The first-order chi connectivity index (χ1) is 19.5. The van der Waals surface area contributed by atoms with Crippen molar-refractivity contribution in [2.24, 2.45) is 5.92 Å². The van der Waals surface area contributed by atoms with Crippen LogP contribution in [0, 0.1) is 29.6 Å². The Kier molecular flexibility index (Phi) is 10.3. The molecule has 1 amide bonds. The van der Waals surface area contributed by atoms with E-state index in [1.807, 2.05) is 18.2 Å². The third kappa shape index (κ3) is 7.51. The molecule has 40 heavy (non-hydrogen) atoms. The van der Waals surface area contributed by atoms with Crippen LogP contribution in [-0.2, 0) is 24.2 Å². The molecule has 0 bridgehead atoms. The van der Waals surface area contributed by atoms with Crippen LogP contribution in [0.1, 0.15) is 30.9 Å². The summed E-state index contributed by atoms with van der Waals surface area (Å²) in [5.74, 6) is 2.49. The second-order valence-corrected chi connectivity index (χ2v) is 10.9. The largest absolute Gasteiger partial charge is 0.360 e. The van der Waals surface area contributed by atoms with E-state index in [4.69, 9.17) is 6.42 Å². The summed E-state index contributed by atoms with van der Waals surface area (Å²) < 4.78 is 2.17. The molecule has 0 spiro atoms. The van der Waals surface area contributed by atoms with E-state index < -0.39 is 5.91 Å². The zero-order valence-electron chi connectivity index (χ0n) is 22.9. The van der Waals surface area contributed by atoms with Crippen molar-refractivity contribution in [1.29, 1.82) is 5.26 Å². The Labute approximate surface area is 239 Å². The molecule has 2 aromatic carbocycles. The molecular formula is C32H35N5O2S. The highest BCUT2D eigenvalue weighted by Gasteiger charge is 2.19. The highest BCUT2D eigenvalue weighted by molar-refractivity contribution is 7.07. The number of aromatic nitrogens is 1. The quantitative estimate of drug-likeness (QED) is 0.377. The monoisotopic (exact) mass is 553 g/mol. The predicted molar refractivity (Wildman–Crippen MR) is 162 cm³/mol. The summed E-state index contributed by atoms with van der Waals surface area (Å²) in [6.07, 6.45) is 11.5. The van der Waals surface area contributed by atoms with Crippen LogP contribution in [0.5, 0.6) is 0 Å². The molecule has 1 fully saturated rings. The number of rotatable bonds is 10. The number of nitriles is 1. The Bertz CT molecular complexity index is 1570. The van der Waals surface area contributed by atoms with Gasteiger partial charge in [-0.2, -0.15) is 5.26 Å². The fourth-order valence-corrected chi connectivity index (χ4v) is 6.11. The first kappa shape index (κ1) is 28.9. The Morgan fingerprint density at radius 2 is 1.90 bits per heavy atom. The van der Waals surface area contributed by atoms with Crippen molar-refractivity contribution in [1.82, 2.24) is 14.8 Å². The molecule has 1 aromatic heterocycles. The number of benzene rings is 2. The van der Waals surface area contributed by atoms with E-state index in [2.05, 4.69) is 63.9 Å². The number of terminal acetylenes is 1. The highest BCUT2D eigenvalue weighted by Crippen LogP contribution is 2.22. The predicted octanol–water partition coefficient (Wildman–Crippen LogP) is 2.70. The summed E-state index contributed by atoms with van der Waals surface area (Å²) in [4.78, 5) is 27.9. The standard InChI is InChI=1S/C32H35N5O2S/c1-3-16-34-30(38)28(22-33)32-37(4-2)31(39)29(40-32)23-35-27-12-8-11-25(21-27)13-17-36-18-14-26(15-19-36)20-24-9-6-5-7-10-24/h1,5-12,21,23,26,35H,4,13-20H2,2H3,(H,34,38)/b29-23+,32-28-. The molecule has 4 rings (SSSR count). The van der Waals surface area contributed by atoms with Crippen LogP contribution in [-0.4, -0.2) is 41.6 Å². The Morgan fingerprint density at radius 3 is 2.60 bits per heavy atom. The maximum atomic E-state index is 13.0. The smallest absolute Gasteiger partial charge is 0.270 e. The van der Waals surface area contributed by atoms with Crippen molar-refractivity contribution < 1.29 is 4.79 Å². The van der Waals surface area contributed by atoms with Crippen molar-refractivity contribution in [3.05, 3.63) is 85.3 Å². The van der Waals surface area contributed by atoms with E-state index in [-0.39, 0.29) is 17.7 Å². The third-order valence-electron chi connectivity index (χ3n) is 7.22. The van der Waals surface area contributed by atoms with Crippen molar-refractivity contribution in [2.45, 2.75) is 39.2 Å². The maximum absolute atomic E-state index is 13.0. The number of carbonyl (C=O) groups excluding carboxylic acids is 1. The number of thiazole rings is 1. The minimum absolute atomic E-state index is 0.00909. The molecule has 2 N–H and O–H groups in total. The summed E-state index contributed by atoms with van der Waals surface area (Å²) in [7, 11) is 0. The fraction of sp³-hybridized carbons (Fsp3) is 0.344. The lowest BCUT2D eigenvalue weighted by Gasteiger charge is -2.32. The molecule has 1 aliphatic heterocycles. The molecule has 0 atom stereocenters. The van der Waals surface area contributed by atoms with Gasteiger partial charge in [0.1, 0.15) is 15.3 Å². The van der Waals surface area contributed by atoms with E-state index in [9.17, 15) is 14.9 Å². The molecule has 0 aliphatic carbocycles. The van der Waals surface area contributed by atoms with Crippen molar-refractivity contribution in [2.75, 3.05) is 31.5 Å². The van der Waals surface area contributed by atoms with E-state index >= 15 is 0 Å². The van der Waals surface area contributed by atoms with Gasteiger partial charge in [0.05, 0.1) is 6.54 Å². The fourth-order valence-electron chi connectivity index (χ4n) is 5.02. The van der Waals surface area contributed by atoms with Crippen LogP contribution in [0.2, 0.25) is 0 Å². The molecule has 2 heterocycles. The normalized spacial score (nSPS) is 15.2. The number of likely N-dealkylation sites (tertiary alicyclic amines) is 1. The zero-order chi connectivity index (χ0) is 28.3. The van der Waals surface area contributed by atoms with Crippen molar-refractivity contribution in [3.8, 4) is 18.4 Å². The van der Waals surface area contributed by atoms with Gasteiger partial charge in [-0.05, 0) is 74.9 Å². The number of hydrogen-bond donors (Lipinski definition) is 2. The maximum Gasteiger partial charge on any atom is 0.270 e. The average Bonchev–Trinajstić information content (AvgIpc) is 3.30. The Balaban J connectivity index is 1.38. The molecule has 1 aliphatic rings. The van der Waals surface area contributed by atoms with Crippen molar-refractivity contribution in [3.63, 3.8) is 0 Å². The van der Waals surface area contributed by atoms with Crippen LogP contribution in [0.4, 0.5) is 5.69 Å². The minimum Gasteiger partial charge on any atom is -0.360 e. The van der Waals surface area contributed by atoms with Gasteiger partial charge in [-0.1, -0.05) is 48.4 Å². The van der Waals surface area contributed by atoms with Crippen LogP contribution >= 0.6 is 11.3 Å². The minimum atomic E-state index is -0.587. The average molecular weight is 554 g/mol. The molecule has 0 unspecified atom stereocenters. The summed E-state index contributed by atoms with van der Waals surface area (Å²) >= 11 is 1.11. The Hall–Kier alpha value is -4.11.